The molecule has 4 rings (SSSR count). The molecule has 0 atom stereocenters. The third-order valence-electron chi connectivity index (χ3n) is 3.87. The number of halogens is 1. The van der Waals surface area contributed by atoms with Gasteiger partial charge in [0.2, 0.25) is 0 Å². The van der Waals surface area contributed by atoms with Crippen molar-refractivity contribution < 1.29 is 0 Å². The number of anilines is 1. The molecule has 21 heavy (non-hydrogen) atoms. The zero-order valence-corrected chi connectivity index (χ0v) is 12.3. The molecule has 0 aliphatic carbocycles. The van der Waals surface area contributed by atoms with Crippen LogP contribution in [-0.2, 0) is 0 Å². The number of hydrogen-bond acceptors (Lipinski definition) is 2. The Kier molecular flexibility index (Phi) is 2.72. The van der Waals surface area contributed by atoms with Crippen LogP contribution < -0.4 is 4.90 Å². The van der Waals surface area contributed by atoms with E-state index in [0.717, 1.165) is 22.1 Å². The van der Waals surface area contributed by atoms with E-state index >= 15 is 0 Å². The van der Waals surface area contributed by atoms with Crippen LogP contribution in [0.5, 0.6) is 0 Å². The summed E-state index contributed by atoms with van der Waals surface area (Å²) in [6.07, 6.45) is 0. The highest BCUT2D eigenvalue weighted by atomic mass is 35.5. The second-order valence-corrected chi connectivity index (χ2v) is 5.59. The Morgan fingerprint density at radius 3 is 2.38 bits per heavy atom. The van der Waals surface area contributed by atoms with Crippen molar-refractivity contribution in [3.8, 4) is 0 Å². The molecule has 0 unspecified atom stereocenters. The molecule has 0 saturated carbocycles. The lowest BCUT2D eigenvalue weighted by molar-refractivity contribution is 1.24. The van der Waals surface area contributed by atoms with Gasteiger partial charge in [0.1, 0.15) is 5.84 Å². The number of rotatable bonds is 1. The van der Waals surface area contributed by atoms with Gasteiger partial charge in [-0.05, 0) is 41.8 Å². The molecule has 0 fully saturated rings. The molecule has 3 aromatic carbocycles. The minimum Gasteiger partial charge on any atom is -0.328 e. The van der Waals surface area contributed by atoms with E-state index in [-0.39, 0.29) is 0 Å². The van der Waals surface area contributed by atoms with Gasteiger partial charge in [-0.2, -0.15) is 0 Å². The largest absolute Gasteiger partial charge is 0.328 e. The minimum atomic E-state index is 0.736. The van der Waals surface area contributed by atoms with Crippen molar-refractivity contribution in [3.05, 3.63) is 71.2 Å². The Bertz CT molecular complexity index is 861. The summed E-state index contributed by atoms with van der Waals surface area (Å²) in [5.74, 6) is 0.942. The van der Waals surface area contributed by atoms with E-state index in [1.165, 1.54) is 16.5 Å². The van der Waals surface area contributed by atoms with Crippen LogP contribution >= 0.6 is 11.6 Å². The Hall–Kier alpha value is -2.32. The van der Waals surface area contributed by atoms with Crippen molar-refractivity contribution in [1.82, 2.24) is 0 Å². The van der Waals surface area contributed by atoms with Crippen molar-refractivity contribution >= 4 is 39.6 Å². The second kappa shape index (κ2) is 4.61. The van der Waals surface area contributed by atoms with Gasteiger partial charge in [-0.3, -0.25) is 0 Å². The molecule has 0 N–H and O–H groups in total. The van der Waals surface area contributed by atoms with Crippen LogP contribution in [0.4, 0.5) is 11.4 Å². The molecule has 1 aliphatic heterocycles. The molecule has 1 aliphatic rings. The summed E-state index contributed by atoms with van der Waals surface area (Å²) in [5.41, 5.74) is 3.27. The molecule has 2 nitrogen and oxygen atoms in total. The van der Waals surface area contributed by atoms with E-state index in [1.807, 2.05) is 24.3 Å². The van der Waals surface area contributed by atoms with Crippen molar-refractivity contribution in [2.75, 3.05) is 11.9 Å². The van der Waals surface area contributed by atoms with E-state index in [9.17, 15) is 0 Å². The highest BCUT2D eigenvalue weighted by Gasteiger charge is 2.20. The van der Waals surface area contributed by atoms with Gasteiger partial charge < -0.3 is 4.90 Å². The maximum atomic E-state index is 5.98. The van der Waals surface area contributed by atoms with Crippen molar-refractivity contribution in [2.45, 2.75) is 0 Å². The van der Waals surface area contributed by atoms with Crippen molar-refractivity contribution in [3.63, 3.8) is 0 Å². The van der Waals surface area contributed by atoms with Gasteiger partial charge in [0, 0.05) is 23.0 Å². The predicted molar refractivity (Wildman–Crippen MR) is 90.0 cm³/mol. The van der Waals surface area contributed by atoms with Gasteiger partial charge >= 0.3 is 0 Å². The lowest BCUT2D eigenvalue weighted by Crippen LogP contribution is -2.29. The fourth-order valence-electron chi connectivity index (χ4n) is 2.83. The number of amidine groups is 1. The molecule has 0 spiro atoms. The molecule has 0 bridgehead atoms. The first kappa shape index (κ1) is 12.4. The quantitative estimate of drug-likeness (QED) is 0.615. The summed E-state index contributed by atoms with van der Waals surface area (Å²) in [4.78, 5) is 6.98. The maximum absolute atomic E-state index is 5.98. The van der Waals surface area contributed by atoms with E-state index in [2.05, 4.69) is 48.3 Å². The Balaban J connectivity index is 1.97. The smallest absolute Gasteiger partial charge is 0.140 e. The van der Waals surface area contributed by atoms with Crippen LogP contribution in [0.1, 0.15) is 5.56 Å². The van der Waals surface area contributed by atoms with Gasteiger partial charge in [-0.15, -0.1) is 0 Å². The lowest BCUT2D eigenvalue weighted by atomic mass is 10.0. The number of nitrogens with zero attached hydrogens (tertiary/aromatic N) is 2. The fraction of sp³-hybridized carbons (Fsp3) is 0.0556. The minimum absolute atomic E-state index is 0.736. The third-order valence-corrected chi connectivity index (χ3v) is 4.12. The van der Waals surface area contributed by atoms with E-state index in [1.54, 1.807) is 0 Å². The molecule has 0 radical (unpaired) electrons. The second-order valence-electron chi connectivity index (χ2n) is 5.15. The Morgan fingerprint density at radius 2 is 1.62 bits per heavy atom. The maximum Gasteiger partial charge on any atom is 0.140 e. The van der Waals surface area contributed by atoms with E-state index in [4.69, 9.17) is 16.6 Å². The summed E-state index contributed by atoms with van der Waals surface area (Å²) < 4.78 is 0. The van der Waals surface area contributed by atoms with Crippen LogP contribution in [0.25, 0.3) is 10.8 Å². The number of hydrogen-bond donors (Lipinski definition) is 0. The first-order valence-corrected chi connectivity index (χ1v) is 7.22. The summed E-state index contributed by atoms with van der Waals surface area (Å²) in [6.45, 7) is 0. The molecule has 1 heterocycles. The van der Waals surface area contributed by atoms with Crippen LogP contribution in [0.3, 0.4) is 0 Å². The lowest BCUT2D eigenvalue weighted by Gasteiger charge is -2.27. The first-order chi connectivity index (χ1) is 10.2. The first-order valence-electron chi connectivity index (χ1n) is 6.84. The van der Waals surface area contributed by atoms with Crippen LogP contribution in [0.15, 0.2) is 65.7 Å². The highest BCUT2D eigenvalue weighted by molar-refractivity contribution is 6.30. The topological polar surface area (TPSA) is 15.6 Å². The molecular weight excluding hydrogens is 280 g/mol. The van der Waals surface area contributed by atoms with E-state index < -0.39 is 0 Å². The zero-order chi connectivity index (χ0) is 14.4. The Morgan fingerprint density at radius 1 is 0.905 bits per heavy atom. The Labute approximate surface area is 128 Å². The van der Waals surface area contributed by atoms with E-state index in [0.29, 0.717) is 0 Å². The van der Waals surface area contributed by atoms with Gasteiger partial charge in [0.25, 0.3) is 0 Å². The average molecular weight is 293 g/mol. The fourth-order valence-corrected chi connectivity index (χ4v) is 2.96. The van der Waals surface area contributed by atoms with Crippen LogP contribution in [0.2, 0.25) is 5.02 Å². The third kappa shape index (κ3) is 1.91. The standard InChI is InChI=1S/C18H13ClN2/c1-21-16-7-3-5-12-4-2-6-15(17(12)16)20-18(21)13-8-10-14(19)11-9-13/h2-11H,1H3. The van der Waals surface area contributed by atoms with Crippen molar-refractivity contribution in [1.29, 1.82) is 0 Å². The van der Waals surface area contributed by atoms with Crippen LogP contribution in [-0.4, -0.2) is 12.9 Å². The number of aliphatic imine (C=N–C) groups is 1. The number of benzene rings is 3. The van der Waals surface area contributed by atoms with Gasteiger partial charge in [-0.1, -0.05) is 35.9 Å². The molecule has 0 saturated heterocycles. The molecule has 3 aromatic rings. The normalized spacial score (nSPS) is 13.4. The summed E-state index contributed by atoms with van der Waals surface area (Å²) in [7, 11) is 2.05. The van der Waals surface area contributed by atoms with Gasteiger partial charge in [0.05, 0.1) is 11.4 Å². The average Bonchev–Trinajstić information content (AvgIpc) is 2.52. The van der Waals surface area contributed by atoms with Crippen LogP contribution in [0, 0.1) is 0 Å². The zero-order valence-electron chi connectivity index (χ0n) is 11.5. The highest BCUT2D eigenvalue weighted by Crippen LogP contribution is 2.38. The van der Waals surface area contributed by atoms with Gasteiger partial charge in [-0.25, -0.2) is 4.99 Å². The van der Waals surface area contributed by atoms with Gasteiger partial charge in [0.15, 0.2) is 0 Å². The monoisotopic (exact) mass is 292 g/mol. The summed E-state index contributed by atoms with van der Waals surface area (Å²) in [6, 6.07) is 20.4. The molecule has 3 heteroatoms. The SMILES string of the molecule is CN1C(c2ccc(Cl)cc2)=Nc2cccc3cccc1c23. The summed E-state index contributed by atoms with van der Waals surface area (Å²) >= 11 is 5.98. The van der Waals surface area contributed by atoms with Crippen molar-refractivity contribution in [2.24, 2.45) is 4.99 Å². The summed E-state index contributed by atoms with van der Waals surface area (Å²) in [5, 5.41) is 3.16. The molecular formula is C18H13ClN2. The molecule has 0 amide bonds. The molecule has 0 aromatic heterocycles. The predicted octanol–water partition coefficient (Wildman–Crippen LogP) is 5.02. The molecule has 102 valence electrons.